The molecule has 1 saturated heterocycles. The van der Waals surface area contributed by atoms with Crippen LogP contribution in [0.3, 0.4) is 0 Å². The molecular weight excluding hydrogens is 586 g/mol. The van der Waals surface area contributed by atoms with E-state index in [1.54, 1.807) is 37.3 Å². The Labute approximate surface area is 243 Å². The number of hydrogen-bond acceptors (Lipinski definition) is 6. The van der Waals surface area contributed by atoms with Crippen LogP contribution in [0.15, 0.2) is 48.5 Å². The molecule has 0 spiro atoms. The standard InChI is InChI=1S/C29H30F6N2O6/c1-2-3-13-21(36-25(39)22-14-8-15-37(22)27(41)43-16-18-9-5-4-6-10-18)23(38)17-42-26(40)24-19(28(30,31)32)11-7-12-20(24)29(33,34)35/h4-7,9-12,21-22H,2-3,8,13-17H2,1H3,(H,36,39)/t21-,22-/m0/s1. The Kier molecular flexibility index (Phi) is 11.2. The Balaban J connectivity index is 1.69. The van der Waals surface area contributed by atoms with E-state index in [0.717, 1.165) is 5.56 Å². The average molecular weight is 617 g/mol. The normalized spacial score (nSPS) is 16.0. The first-order valence-corrected chi connectivity index (χ1v) is 13.5. The smallest absolute Gasteiger partial charge is 0.417 e. The van der Waals surface area contributed by atoms with E-state index in [4.69, 9.17) is 4.74 Å². The Morgan fingerprint density at radius 2 is 1.56 bits per heavy atom. The highest BCUT2D eigenvalue weighted by atomic mass is 19.4. The SMILES string of the molecule is CCCC[C@H](NC(=O)[C@@H]1CCCN1C(=O)OCc1ccccc1)C(=O)COC(=O)c1c(C(F)(F)F)cccc1C(F)(F)F. The summed E-state index contributed by atoms with van der Waals surface area (Å²) in [5.41, 5.74) is -4.76. The summed E-state index contributed by atoms with van der Waals surface area (Å²) in [6.07, 6.45) is -9.58. The topological polar surface area (TPSA) is 102 Å². The Hall–Kier alpha value is -4.10. The van der Waals surface area contributed by atoms with Crippen molar-refractivity contribution in [1.82, 2.24) is 10.2 Å². The van der Waals surface area contributed by atoms with Crippen molar-refractivity contribution < 1.29 is 55.0 Å². The monoisotopic (exact) mass is 616 g/mol. The molecule has 1 aliphatic rings. The van der Waals surface area contributed by atoms with Crippen LogP contribution in [0.1, 0.15) is 66.1 Å². The molecular formula is C29H30F6N2O6. The number of unbranched alkanes of at least 4 members (excludes halogenated alkanes) is 1. The minimum atomic E-state index is -5.31. The van der Waals surface area contributed by atoms with Gasteiger partial charge in [0.15, 0.2) is 12.4 Å². The molecule has 1 aliphatic heterocycles. The molecule has 1 fully saturated rings. The molecule has 0 unspecified atom stereocenters. The van der Waals surface area contributed by atoms with Gasteiger partial charge in [0.1, 0.15) is 12.6 Å². The van der Waals surface area contributed by atoms with E-state index in [-0.39, 0.29) is 26.0 Å². The first-order chi connectivity index (χ1) is 20.2. The number of rotatable bonds is 11. The summed E-state index contributed by atoms with van der Waals surface area (Å²) in [4.78, 5) is 52.4. The van der Waals surface area contributed by atoms with Crippen molar-refractivity contribution >= 4 is 23.8 Å². The van der Waals surface area contributed by atoms with E-state index >= 15 is 0 Å². The van der Waals surface area contributed by atoms with Gasteiger partial charge in [-0.05, 0) is 37.0 Å². The van der Waals surface area contributed by atoms with Crippen LogP contribution in [-0.2, 0) is 38.0 Å². The third-order valence-electron chi connectivity index (χ3n) is 6.77. The second-order valence-corrected chi connectivity index (χ2v) is 9.86. The molecule has 14 heteroatoms. The number of nitrogens with one attached hydrogen (secondary N) is 1. The van der Waals surface area contributed by atoms with Crippen LogP contribution < -0.4 is 5.32 Å². The maximum Gasteiger partial charge on any atom is 0.417 e. The van der Waals surface area contributed by atoms with Gasteiger partial charge in [0, 0.05) is 6.54 Å². The number of nitrogens with zero attached hydrogens (tertiary/aromatic N) is 1. The average Bonchev–Trinajstić information content (AvgIpc) is 3.46. The van der Waals surface area contributed by atoms with E-state index in [0.29, 0.717) is 37.5 Å². The molecule has 8 nitrogen and oxygen atoms in total. The predicted octanol–water partition coefficient (Wildman–Crippen LogP) is 5.93. The van der Waals surface area contributed by atoms with Gasteiger partial charge in [-0.25, -0.2) is 9.59 Å². The Morgan fingerprint density at radius 3 is 2.14 bits per heavy atom. The number of esters is 1. The molecule has 0 saturated carbocycles. The Morgan fingerprint density at radius 1 is 0.930 bits per heavy atom. The largest absolute Gasteiger partial charge is 0.454 e. The van der Waals surface area contributed by atoms with Crippen molar-refractivity contribution in [2.45, 2.75) is 70.1 Å². The molecule has 234 valence electrons. The molecule has 2 atom stereocenters. The summed E-state index contributed by atoms with van der Waals surface area (Å²) in [7, 11) is 0. The number of likely N-dealkylation sites (tertiary alicyclic amines) is 1. The molecule has 0 bridgehead atoms. The maximum atomic E-state index is 13.4. The fourth-order valence-electron chi connectivity index (χ4n) is 4.60. The highest BCUT2D eigenvalue weighted by Gasteiger charge is 2.44. The third kappa shape index (κ3) is 8.94. The van der Waals surface area contributed by atoms with Crippen LogP contribution in [0.5, 0.6) is 0 Å². The molecule has 2 aromatic carbocycles. The summed E-state index contributed by atoms with van der Waals surface area (Å²) < 4.78 is 90.5. The van der Waals surface area contributed by atoms with Gasteiger partial charge in [0.2, 0.25) is 5.91 Å². The molecule has 1 heterocycles. The number of carbonyl (C=O) groups is 4. The van der Waals surface area contributed by atoms with Crippen LogP contribution in [0.4, 0.5) is 31.1 Å². The van der Waals surface area contributed by atoms with Crippen molar-refractivity contribution in [3.05, 3.63) is 70.8 Å². The van der Waals surface area contributed by atoms with Crippen molar-refractivity contribution in [1.29, 1.82) is 0 Å². The van der Waals surface area contributed by atoms with Crippen LogP contribution in [0, 0.1) is 0 Å². The van der Waals surface area contributed by atoms with Gasteiger partial charge in [-0.2, -0.15) is 26.3 Å². The van der Waals surface area contributed by atoms with Gasteiger partial charge in [-0.3, -0.25) is 14.5 Å². The molecule has 2 aromatic rings. The number of benzene rings is 2. The third-order valence-corrected chi connectivity index (χ3v) is 6.77. The van der Waals surface area contributed by atoms with Crippen LogP contribution >= 0.6 is 0 Å². The van der Waals surface area contributed by atoms with E-state index in [9.17, 15) is 45.5 Å². The van der Waals surface area contributed by atoms with Crippen molar-refractivity contribution in [2.24, 2.45) is 0 Å². The van der Waals surface area contributed by atoms with Crippen molar-refractivity contribution in [3.63, 3.8) is 0 Å². The zero-order chi connectivity index (χ0) is 31.8. The van der Waals surface area contributed by atoms with Gasteiger partial charge < -0.3 is 14.8 Å². The molecule has 2 amide bonds. The molecule has 3 rings (SSSR count). The Bertz CT molecular complexity index is 1270. The molecule has 43 heavy (non-hydrogen) atoms. The summed E-state index contributed by atoms with van der Waals surface area (Å²) in [5, 5.41) is 2.50. The van der Waals surface area contributed by atoms with Gasteiger partial charge >= 0.3 is 24.4 Å². The van der Waals surface area contributed by atoms with E-state index in [1.165, 1.54) is 4.90 Å². The number of Topliss-reactive ketones (excluding diaryl/α,β-unsaturated/α-hetero) is 1. The minimum Gasteiger partial charge on any atom is -0.454 e. The lowest BCUT2D eigenvalue weighted by Gasteiger charge is -2.26. The predicted molar refractivity (Wildman–Crippen MR) is 140 cm³/mol. The van der Waals surface area contributed by atoms with Gasteiger partial charge in [0.05, 0.1) is 22.7 Å². The van der Waals surface area contributed by atoms with Crippen LogP contribution in [-0.4, -0.2) is 53.9 Å². The lowest BCUT2D eigenvalue weighted by Crippen LogP contribution is -2.51. The van der Waals surface area contributed by atoms with E-state index < -0.39 is 71.5 Å². The van der Waals surface area contributed by atoms with Crippen LogP contribution in [0.25, 0.3) is 0 Å². The van der Waals surface area contributed by atoms with Gasteiger partial charge in [0.25, 0.3) is 0 Å². The molecule has 0 aliphatic carbocycles. The zero-order valence-corrected chi connectivity index (χ0v) is 23.1. The second kappa shape index (κ2) is 14.4. The van der Waals surface area contributed by atoms with E-state index in [1.807, 2.05) is 0 Å². The zero-order valence-electron chi connectivity index (χ0n) is 23.1. The number of amides is 2. The molecule has 1 N–H and O–H groups in total. The summed E-state index contributed by atoms with van der Waals surface area (Å²) in [6, 6.07) is 7.70. The lowest BCUT2D eigenvalue weighted by molar-refractivity contribution is -0.144. The first-order valence-electron chi connectivity index (χ1n) is 13.5. The fourth-order valence-corrected chi connectivity index (χ4v) is 4.60. The van der Waals surface area contributed by atoms with Crippen molar-refractivity contribution in [2.75, 3.05) is 13.2 Å². The number of carbonyl (C=O) groups excluding carboxylic acids is 4. The fraction of sp³-hybridized carbons (Fsp3) is 0.448. The highest BCUT2D eigenvalue weighted by Crippen LogP contribution is 2.39. The maximum absolute atomic E-state index is 13.4. The summed E-state index contributed by atoms with van der Waals surface area (Å²) in [6.45, 7) is 0.792. The lowest BCUT2D eigenvalue weighted by atomic mass is 10.00. The summed E-state index contributed by atoms with van der Waals surface area (Å²) in [5.74, 6) is -3.63. The number of halogens is 6. The quantitative estimate of drug-likeness (QED) is 0.248. The minimum absolute atomic E-state index is 0.0268. The van der Waals surface area contributed by atoms with Crippen molar-refractivity contribution in [3.8, 4) is 0 Å². The number of alkyl halides is 6. The molecule has 0 radical (unpaired) electrons. The first kappa shape index (κ1) is 33.4. The van der Waals surface area contributed by atoms with Crippen LogP contribution in [0.2, 0.25) is 0 Å². The van der Waals surface area contributed by atoms with Gasteiger partial charge in [-0.15, -0.1) is 0 Å². The number of ketones is 1. The number of hydrogen-bond donors (Lipinski definition) is 1. The summed E-state index contributed by atoms with van der Waals surface area (Å²) >= 11 is 0. The second-order valence-electron chi connectivity index (χ2n) is 9.86. The highest BCUT2D eigenvalue weighted by molar-refractivity contribution is 5.97. The van der Waals surface area contributed by atoms with E-state index in [2.05, 4.69) is 10.1 Å². The van der Waals surface area contributed by atoms with Gasteiger partial charge in [-0.1, -0.05) is 56.2 Å². The number of ether oxygens (including phenoxy) is 2. The molecule has 0 aromatic heterocycles.